The molecule has 1 heterocycles. The summed E-state index contributed by atoms with van der Waals surface area (Å²) in [5.41, 5.74) is 0.700. The first-order valence-electron chi connectivity index (χ1n) is 7.78. The topological polar surface area (TPSA) is 57.7 Å². The van der Waals surface area contributed by atoms with Crippen LogP contribution in [-0.4, -0.2) is 29.3 Å². The van der Waals surface area contributed by atoms with E-state index in [-0.39, 0.29) is 36.2 Å². The zero-order chi connectivity index (χ0) is 15.7. The normalized spacial score (nSPS) is 24.3. The van der Waals surface area contributed by atoms with Crippen molar-refractivity contribution in [2.45, 2.75) is 32.6 Å². The number of para-hydroxylation sites is 1. The summed E-state index contributed by atoms with van der Waals surface area (Å²) in [5.74, 6) is -0.757. The van der Waals surface area contributed by atoms with E-state index in [1.807, 2.05) is 18.2 Å². The summed E-state index contributed by atoms with van der Waals surface area (Å²) < 4.78 is 0. The molecule has 0 aromatic heterocycles. The second kappa shape index (κ2) is 5.91. The number of hydrogen-bond donors (Lipinski definition) is 0. The van der Waals surface area contributed by atoms with Crippen molar-refractivity contribution in [2.24, 2.45) is 11.8 Å². The Balaban J connectivity index is 1.83. The summed E-state index contributed by atoms with van der Waals surface area (Å²) >= 11 is 0. The summed E-state index contributed by atoms with van der Waals surface area (Å²) in [6.45, 7) is 1.47. The van der Waals surface area contributed by atoms with Crippen LogP contribution in [0.3, 0.4) is 0 Å². The quantitative estimate of drug-likeness (QED) is 0.804. The molecule has 22 heavy (non-hydrogen) atoms. The monoisotopic (exact) mass is 300 g/mol. The third-order valence-electron chi connectivity index (χ3n) is 4.66. The van der Waals surface area contributed by atoms with Crippen molar-refractivity contribution in [2.75, 3.05) is 11.6 Å². The van der Waals surface area contributed by atoms with Gasteiger partial charge in [0.25, 0.3) is 0 Å². The Morgan fingerprint density at radius 2 is 1.64 bits per heavy atom. The molecule has 2 aliphatic rings. The van der Waals surface area contributed by atoms with Crippen LogP contribution in [0.5, 0.6) is 0 Å². The van der Waals surface area contributed by atoms with Crippen LogP contribution in [0.1, 0.15) is 32.6 Å². The molecule has 116 valence electrons. The van der Waals surface area contributed by atoms with Gasteiger partial charge in [0.2, 0.25) is 17.7 Å². The van der Waals surface area contributed by atoms with Gasteiger partial charge in [0.1, 0.15) is 6.67 Å². The Kier molecular flexibility index (Phi) is 3.96. The molecule has 1 saturated carbocycles. The molecule has 1 aromatic carbocycles. The van der Waals surface area contributed by atoms with Crippen LogP contribution in [-0.2, 0) is 14.4 Å². The molecule has 1 aromatic rings. The van der Waals surface area contributed by atoms with Gasteiger partial charge < -0.3 is 0 Å². The van der Waals surface area contributed by atoms with E-state index >= 15 is 0 Å². The lowest BCUT2D eigenvalue weighted by atomic mass is 9.81. The maximum atomic E-state index is 12.5. The minimum atomic E-state index is -0.179. The molecular weight excluding hydrogens is 280 g/mol. The molecule has 0 radical (unpaired) electrons. The standard InChI is InChI=1S/C17H20N2O3/c1-12(20)18(13-7-3-2-4-8-13)11-19-16(21)14-9-5-6-10-15(14)17(19)22/h2-4,7-8,14-15H,5-6,9-11H2,1H3/t14-,15-/m0/s1. The highest BCUT2D eigenvalue weighted by Crippen LogP contribution is 2.38. The number of carbonyl (C=O) groups excluding carboxylic acids is 3. The van der Waals surface area contributed by atoms with Gasteiger partial charge in [-0.05, 0) is 25.0 Å². The zero-order valence-electron chi connectivity index (χ0n) is 12.7. The van der Waals surface area contributed by atoms with E-state index in [9.17, 15) is 14.4 Å². The zero-order valence-corrected chi connectivity index (χ0v) is 12.7. The van der Waals surface area contributed by atoms with Crippen molar-refractivity contribution >= 4 is 23.4 Å². The molecule has 5 nitrogen and oxygen atoms in total. The Hall–Kier alpha value is -2.17. The lowest BCUT2D eigenvalue weighted by Crippen LogP contribution is -2.44. The number of rotatable bonds is 3. The maximum absolute atomic E-state index is 12.5. The fraction of sp³-hybridized carbons (Fsp3) is 0.471. The van der Waals surface area contributed by atoms with Crippen molar-refractivity contribution in [3.8, 4) is 0 Å². The number of nitrogens with zero attached hydrogens (tertiary/aromatic N) is 2. The van der Waals surface area contributed by atoms with Crippen LogP contribution < -0.4 is 4.90 Å². The van der Waals surface area contributed by atoms with Gasteiger partial charge in [-0.15, -0.1) is 0 Å². The van der Waals surface area contributed by atoms with E-state index in [4.69, 9.17) is 0 Å². The van der Waals surface area contributed by atoms with Gasteiger partial charge in [0.15, 0.2) is 0 Å². The van der Waals surface area contributed by atoms with Crippen molar-refractivity contribution in [1.29, 1.82) is 0 Å². The molecule has 2 atom stereocenters. The molecular formula is C17H20N2O3. The highest BCUT2D eigenvalue weighted by atomic mass is 16.2. The van der Waals surface area contributed by atoms with Crippen LogP contribution in [0, 0.1) is 11.8 Å². The molecule has 0 bridgehead atoms. The van der Waals surface area contributed by atoms with Crippen LogP contribution in [0.25, 0.3) is 0 Å². The smallest absolute Gasteiger partial charge is 0.234 e. The Bertz CT molecular complexity index is 575. The number of anilines is 1. The Morgan fingerprint density at radius 3 is 2.14 bits per heavy atom. The third kappa shape index (κ3) is 2.51. The number of likely N-dealkylation sites (tertiary alicyclic amines) is 1. The molecule has 0 N–H and O–H groups in total. The van der Waals surface area contributed by atoms with Crippen molar-refractivity contribution in [3.05, 3.63) is 30.3 Å². The Morgan fingerprint density at radius 1 is 1.09 bits per heavy atom. The average Bonchev–Trinajstić information content (AvgIpc) is 2.78. The number of fused-ring (bicyclic) bond motifs is 1. The van der Waals surface area contributed by atoms with E-state index in [2.05, 4.69) is 0 Å². The minimum absolute atomic E-state index is 0.0179. The van der Waals surface area contributed by atoms with Crippen LogP contribution in [0.4, 0.5) is 5.69 Å². The van der Waals surface area contributed by atoms with Gasteiger partial charge in [-0.2, -0.15) is 0 Å². The first-order valence-corrected chi connectivity index (χ1v) is 7.78. The van der Waals surface area contributed by atoms with Gasteiger partial charge in [0, 0.05) is 12.6 Å². The van der Waals surface area contributed by atoms with Gasteiger partial charge in [-0.3, -0.25) is 24.2 Å². The van der Waals surface area contributed by atoms with Crippen molar-refractivity contribution in [3.63, 3.8) is 0 Å². The third-order valence-corrected chi connectivity index (χ3v) is 4.66. The van der Waals surface area contributed by atoms with Crippen LogP contribution in [0.2, 0.25) is 0 Å². The first kappa shape index (κ1) is 14.8. The second-order valence-corrected chi connectivity index (χ2v) is 6.03. The van der Waals surface area contributed by atoms with Crippen LogP contribution >= 0.6 is 0 Å². The predicted octanol–water partition coefficient (Wildman–Crippen LogP) is 2.17. The fourth-order valence-electron chi connectivity index (χ4n) is 3.48. The molecule has 0 unspecified atom stereocenters. The molecule has 1 aliphatic heterocycles. The van der Waals surface area contributed by atoms with E-state index in [0.29, 0.717) is 5.69 Å². The van der Waals surface area contributed by atoms with E-state index in [1.54, 1.807) is 12.1 Å². The van der Waals surface area contributed by atoms with E-state index in [0.717, 1.165) is 25.7 Å². The number of carbonyl (C=O) groups is 3. The fourth-order valence-corrected chi connectivity index (χ4v) is 3.48. The SMILES string of the molecule is CC(=O)N(CN1C(=O)[C@H]2CCCC[C@@H]2C1=O)c1ccccc1. The van der Waals surface area contributed by atoms with Crippen molar-refractivity contribution < 1.29 is 14.4 Å². The highest BCUT2D eigenvalue weighted by molar-refractivity contribution is 6.06. The molecule has 0 spiro atoms. The lowest BCUT2D eigenvalue weighted by molar-refractivity contribution is -0.140. The average molecular weight is 300 g/mol. The molecule has 1 saturated heterocycles. The van der Waals surface area contributed by atoms with Gasteiger partial charge in [-0.1, -0.05) is 31.0 Å². The maximum Gasteiger partial charge on any atom is 0.234 e. The number of hydrogen-bond acceptors (Lipinski definition) is 3. The summed E-state index contributed by atoms with van der Waals surface area (Å²) in [4.78, 5) is 39.7. The highest BCUT2D eigenvalue weighted by Gasteiger charge is 2.48. The molecule has 3 amide bonds. The summed E-state index contributed by atoms with van der Waals surface area (Å²) in [7, 11) is 0. The second-order valence-electron chi connectivity index (χ2n) is 6.03. The first-order chi connectivity index (χ1) is 10.6. The predicted molar refractivity (Wildman–Crippen MR) is 81.8 cm³/mol. The lowest BCUT2D eigenvalue weighted by Gasteiger charge is -2.26. The molecule has 2 fully saturated rings. The van der Waals surface area contributed by atoms with Gasteiger partial charge in [0.05, 0.1) is 11.8 Å². The number of amides is 3. The minimum Gasteiger partial charge on any atom is -0.294 e. The Labute approximate surface area is 129 Å². The van der Waals surface area contributed by atoms with Crippen LogP contribution in [0.15, 0.2) is 30.3 Å². The molecule has 5 heteroatoms. The van der Waals surface area contributed by atoms with E-state index < -0.39 is 0 Å². The van der Waals surface area contributed by atoms with Crippen molar-refractivity contribution in [1.82, 2.24) is 4.90 Å². The van der Waals surface area contributed by atoms with Gasteiger partial charge >= 0.3 is 0 Å². The number of imide groups is 1. The summed E-state index contributed by atoms with van der Waals surface area (Å²) in [6, 6.07) is 9.14. The summed E-state index contributed by atoms with van der Waals surface area (Å²) in [6.07, 6.45) is 3.58. The largest absolute Gasteiger partial charge is 0.294 e. The molecule has 1 aliphatic carbocycles. The molecule has 3 rings (SSSR count). The van der Waals surface area contributed by atoms with E-state index in [1.165, 1.54) is 16.7 Å². The summed E-state index contributed by atoms with van der Waals surface area (Å²) in [5, 5.41) is 0. The van der Waals surface area contributed by atoms with Gasteiger partial charge in [-0.25, -0.2) is 0 Å². The number of benzene rings is 1.